The number of anilines is 1. The van der Waals surface area contributed by atoms with Gasteiger partial charge in [-0.1, -0.05) is 6.07 Å². The van der Waals surface area contributed by atoms with Gasteiger partial charge in [0.2, 0.25) is 5.88 Å². The fourth-order valence-corrected chi connectivity index (χ4v) is 1.36. The van der Waals surface area contributed by atoms with Crippen molar-refractivity contribution in [1.82, 2.24) is 15.5 Å². The van der Waals surface area contributed by atoms with E-state index < -0.39 is 0 Å². The summed E-state index contributed by atoms with van der Waals surface area (Å²) >= 11 is 0. The molecule has 1 aromatic carbocycles. The summed E-state index contributed by atoms with van der Waals surface area (Å²) in [4.78, 5) is 11.3. The third-order valence-electron chi connectivity index (χ3n) is 2.36. The highest BCUT2D eigenvalue weighted by atomic mass is 16.5. The second-order valence-corrected chi connectivity index (χ2v) is 3.63. The summed E-state index contributed by atoms with van der Waals surface area (Å²) in [5.74, 6) is 0.0234. The van der Waals surface area contributed by atoms with Gasteiger partial charge in [-0.15, -0.1) is 10.2 Å². The summed E-state index contributed by atoms with van der Waals surface area (Å²) < 4.78 is 5.37. The number of aromatic nitrogens is 2. The molecule has 0 fully saturated rings. The van der Waals surface area contributed by atoms with Crippen molar-refractivity contribution in [3.8, 4) is 17.4 Å². The van der Waals surface area contributed by atoms with Crippen molar-refractivity contribution in [1.29, 1.82) is 0 Å². The van der Waals surface area contributed by atoms with Gasteiger partial charge in [0.05, 0.1) is 0 Å². The predicted octanol–water partition coefficient (Wildman–Crippen LogP) is 0.916. The van der Waals surface area contributed by atoms with E-state index in [0.717, 1.165) is 0 Å². The van der Waals surface area contributed by atoms with Gasteiger partial charge >= 0.3 is 0 Å². The molecule has 2 rings (SSSR count). The SMILES string of the molecule is CNC(=O)c1ccc(Oc2cccc(O)c2N)nn1. The predicted molar refractivity (Wildman–Crippen MR) is 68.0 cm³/mol. The number of nitrogens with one attached hydrogen (secondary N) is 1. The molecule has 0 spiro atoms. The van der Waals surface area contributed by atoms with E-state index in [4.69, 9.17) is 10.5 Å². The van der Waals surface area contributed by atoms with Gasteiger partial charge in [0.25, 0.3) is 5.91 Å². The van der Waals surface area contributed by atoms with Crippen LogP contribution in [-0.2, 0) is 0 Å². The van der Waals surface area contributed by atoms with Crippen molar-refractivity contribution in [2.24, 2.45) is 0 Å². The zero-order chi connectivity index (χ0) is 13.8. The lowest BCUT2D eigenvalue weighted by molar-refractivity contribution is 0.0957. The van der Waals surface area contributed by atoms with Crippen LogP contribution in [0, 0.1) is 0 Å². The largest absolute Gasteiger partial charge is 0.506 e. The minimum Gasteiger partial charge on any atom is -0.506 e. The first-order valence-electron chi connectivity index (χ1n) is 5.43. The Bertz CT molecular complexity index is 598. The van der Waals surface area contributed by atoms with Crippen molar-refractivity contribution >= 4 is 11.6 Å². The van der Waals surface area contributed by atoms with E-state index in [1.54, 1.807) is 12.1 Å². The molecule has 0 aliphatic carbocycles. The Morgan fingerprint density at radius 2 is 2.11 bits per heavy atom. The summed E-state index contributed by atoms with van der Waals surface area (Å²) in [7, 11) is 1.50. The molecular weight excluding hydrogens is 248 g/mol. The van der Waals surface area contributed by atoms with Crippen molar-refractivity contribution in [3.05, 3.63) is 36.0 Å². The van der Waals surface area contributed by atoms with Gasteiger partial charge in [0.1, 0.15) is 11.4 Å². The maximum atomic E-state index is 11.3. The maximum Gasteiger partial charge on any atom is 0.271 e. The van der Waals surface area contributed by atoms with Crippen LogP contribution in [0.25, 0.3) is 0 Å². The molecule has 0 aliphatic rings. The quantitative estimate of drug-likeness (QED) is 0.559. The Morgan fingerprint density at radius 1 is 1.32 bits per heavy atom. The zero-order valence-corrected chi connectivity index (χ0v) is 10.1. The van der Waals surface area contributed by atoms with Gasteiger partial charge < -0.3 is 20.9 Å². The molecular formula is C12H12N4O3. The summed E-state index contributed by atoms with van der Waals surface area (Å²) in [6.45, 7) is 0. The van der Waals surface area contributed by atoms with E-state index >= 15 is 0 Å². The lowest BCUT2D eigenvalue weighted by Crippen LogP contribution is -2.19. The van der Waals surface area contributed by atoms with Gasteiger partial charge in [-0.25, -0.2) is 0 Å². The smallest absolute Gasteiger partial charge is 0.271 e. The minimum atomic E-state index is -0.337. The first kappa shape index (κ1) is 12.6. The number of ether oxygens (including phenoxy) is 1. The number of carbonyl (C=O) groups excluding carboxylic acids is 1. The van der Waals surface area contributed by atoms with Crippen molar-refractivity contribution in [3.63, 3.8) is 0 Å². The van der Waals surface area contributed by atoms with Crippen LogP contribution in [0.15, 0.2) is 30.3 Å². The normalized spacial score (nSPS) is 9.95. The third kappa shape index (κ3) is 2.71. The molecule has 7 nitrogen and oxygen atoms in total. The third-order valence-corrected chi connectivity index (χ3v) is 2.36. The number of nitrogens with zero attached hydrogens (tertiary/aromatic N) is 2. The van der Waals surface area contributed by atoms with Gasteiger partial charge in [-0.3, -0.25) is 4.79 Å². The molecule has 0 aliphatic heterocycles. The minimum absolute atomic E-state index is 0.0764. The fourth-order valence-electron chi connectivity index (χ4n) is 1.36. The molecule has 2 aromatic rings. The van der Waals surface area contributed by atoms with Gasteiger partial charge in [0.15, 0.2) is 11.4 Å². The summed E-state index contributed by atoms with van der Waals surface area (Å²) in [6, 6.07) is 7.58. The Morgan fingerprint density at radius 3 is 2.74 bits per heavy atom. The van der Waals surface area contributed by atoms with Crippen molar-refractivity contribution < 1.29 is 14.6 Å². The number of rotatable bonds is 3. The Balaban J connectivity index is 2.20. The number of hydrogen-bond donors (Lipinski definition) is 3. The number of para-hydroxylation sites is 1. The number of nitrogen functional groups attached to an aromatic ring is 1. The molecule has 0 atom stereocenters. The van der Waals surface area contributed by atoms with Crippen molar-refractivity contribution in [2.45, 2.75) is 0 Å². The fraction of sp³-hybridized carbons (Fsp3) is 0.0833. The number of nitrogens with two attached hydrogens (primary N) is 1. The number of amides is 1. The summed E-state index contributed by atoms with van der Waals surface area (Å²) in [6.07, 6.45) is 0. The Hall–Kier alpha value is -2.83. The second-order valence-electron chi connectivity index (χ2n) is 3.63. The number of hydrogen-bond acceptors (Lipinski definition) is 6. The van der Waals surface area contributed by atoms with Crippen LogP contribution in [0.3, 0.4) is 0 Å². The zero-order valence-electron chi connectivity index (χ0n) is 10.1. The van der Waals surface area contributed by atoms with Gasteiger partial charge in [-0.2, -0.15) is 0 Å². The molecule has 1 aromatic heterocycles. The Labute approximate surface area is 109 Å². The van der Waals surface area contributed by atoms with Gasteiger partial charge in [-0.05, 0) is 18.2 Å². The molecule has 0 radical (unpaired) electrons. The summed E-state index contributed by atoms with van der Waals surface area (Å²) in [5.41, 5.74) is 5.93. The lowest BCUT2D eigenvalue weighted by Gasteiger charge is -2.08. The molecule has 0 saturated carbocycles. The number of carbonyl (C=O) groups is 1. The molecule has 4 N–H and O–H groups in total. The molecule has 1 heterocycles. The molecule has 0 unspecified atom stereocenters. The van der Waals surface area contributed by atoms with Crippen LogP contribution >= 0.6 is 0 Å². The van der Waals surface area contributed by atoms with Crippen LogP contribution < -0.4 is 15.8 Å². The monoisotopic (exact) mass is 260 g/mol. The van der Waals surface area contributed by atoms with Gasteiger partial charge in [0, 0.05) is 13.1 Å². The van der Waals surface area contributed by atoms with E-state index in [2.05, 4.69) is 15.5 Å². The van der Waals surface area contributed by atoms with E-state index in [0.29, 0.717) is 0 Å². The highest BCUT2D eigenvalue weighted by Gasteiger charge is 2.09. The Kier molecular flexibility index (Phi) is 3.46. The van der Waals surface area contributed by atoms with E-state index in [1.165, 1.54) is 25.2 Å². The van der Waals surface area contributed by atoms with E-state index in [1.807, 2.05) is 0 Å². The summed E-state index contributed by atoms with van der Waals surface area (Å²) in [5, 5.41) is 19.3. The first-order valence-corrected chi connectivity index (χ1v) is 5.43. The molecule has 0 bridgehead atoms. The number of benzene rings is 1. The second kappa shape index (κ2) is 5.21. The standard InChI is InChI=1S/C12H12N4O3/c1-14-12(18)7-5-6-10(16-15-7)19-9-4-2-3-8(17)11(9)13/h2-6,17H,13H2,1H3,(H,14,18). The number of aromatic hydroxyl groups is 1. The van der Waals surface area contributed by atoms with Crippen LogP contribution in [0.2, 0.25) is 0 Å². The van der Waals surface area contributed by atoms with Crippen LogP contribution in [-0.4, -0.2) is 28.3 Å². The molecule has 98 valence electrons. The molecule has 7 heteroatoms. The van der Waals surface area contributed by atoms with Crippen LogP contribution in [0.4, 0.5) is 5.69 Å². The van der Waals surface area contributed by atoms with Crippen molar-refractivity contribution in [2.75, 3.05) is 12.8 Å². The maximum absolute atomic E-state index is 11.3. The lowest BCUT2D eigenvalue weighted by atomic mass is 10.3. The molecule has 0 saturated heterocycles. The first-order chi connectivity index (χ1) is 9.11. The number of phenolic OH excluding ortho intramolecular Hbond substituents is 1. The average molecular weight is 260 g/mol. The topological polar surface area (TPSA) is 110 Å². The highest BCUT2D eigenvalue weighted by molar-refractivity contribution is 5.91. The highest BCUT2D eigenvalue weighted by Crippen LogP contribution is 2.32. The van der Waals surface area contributed by atoms with E-state index in [-0.39, 0.29) is 34.7 Å². The van der Waals surface area contributed by atoms with E-state index in [9.17, 15) is 9.90 Å². The number of phenols is 1. The average Bonchev–Trinajstić information content (AvgIpc) is 2.44. The molecule has 19 heavy (non-hydrogen) atoms. The van der Waals surface area contributed by atoms with Crippen LogP contribution in [0.5, 0.6) is 17.4 Å². The van der Waals surface area contributed by atoms with Crippen LogP contribution in [0.1, 0.15) is 10.5 Å². The molecule has 1 amide bonds.